The summed E-state index contributed by atoms with van der Waals surface area (Å²) in [6.45, 7) is 3.67. The van der Waals surface area contributed by atoms with Gasteiger partial charge in [-0.25, -0.2) is 0 Å². The van der Waals surface area contributed by atoms with E-state index in [0.29, 0.717) is 32.3 Å². The molecule has 0 bridgehead atoms. The van der Waals surface area contributed by atoms with Crippen LogP contribution in [0.25, 0.3) is 0 Å². The highest BCUT2D eigenvalue weighted by molar-refractivity contribution is 5.77. The van der Waals surface area contributed by atoms with E-state index in [9.17, 15) is 4.79 Å². The molecule has 19 heavy (non-hydrogen) atoms. The first-order valence-electron chi connectivity index (χ1n) is 6.95. The lowest BCUT2D eigenvalue weighted by atomic mass is 9.90. The van der Waals surface area contributed by atoms with Crippen molar-refractivity contribution in [2.75, 3.05) is 46.6 Å². The van der Waals surface area contributed by atoms with Crippen LogP contribution in [0.15, 0.2) is 0 Å². The molecule has 2 fully saturated rings. The standard InChI is InChI=1S/C13H24N2O4/c1-17-7-4-14-12(16)9-15-11-2-5-19-13(8-11)3-6-18-10-13/h11,15H,2-10H2,1H3,(H,14,16). The smallest absolute Gasteiger partial charge is 0.234 e. The lowest BCUT2D eigenvalue weighted by Gasteiger charge is -2.37. The number of hydrogen-bond acceptors (Lipinski definition) is 5. The number of carbonyl (C=O) groups excluding carboxylic acids is 1. The maximum absolute atomic E-state index is 11.6. The Bertz CT molecular complexity index is 292. The SMILES string of the molecule is COCCNC(=O)CNC1CCOC2(CCOC2)C1. The Labute approximate surface area is 114 Å². The van der Waals surface area contributed by atoms with Crippen molar-refractivity contribution in [2.24, 2.45) is 0 Å². The van der Waals surface area contributed by atoms with Gasteiger partial charge in [0.25, 0.3) is 0 Å². The van der Waals surface area contributed by atoms with E-state index in [1.807, 2.05) is 0 Å². The van der Waals surface area contributed by atoms with Crippen LogP contribution in [0, 0.1) is 0 Å². The summed E-state index contributed by atoms with van der Waals surface area (Å²) >= 11 is 0. The zero-order valence-electron chi connectivity index (χ0n) is 11.6. The van der Waals surface area contributed by atoms with Crippen molar-refractivity contribution in [3.8, 4) is 0 Å². The molecule has 1 spiro atoms. The van der Waals surface area contributed by atoms with Crippen molar-refractivity contribution in [3.63, 3.8) is 0 Å². The topological polar surface area (TPSA) is 68.8 Å². The fourth-order valence-electron chi connectivity index (χ4n) is 2.66. The maximum Gasteiger partial charge on any atom is 0.234 e. The number of amides is 1. The van der Waals surface area contributed by atoms with Crippen LogP contribution in [-0.2, 0) is 19.0 Å². The Balaban J connectivity index is 1.66. The zero-order chi connectivity index (χ0) is 13.6. The number of nitrogens with one attached hydrogen (secondary N) is 2. The van der Waals surface area contributed by atoms with Crippen LogP contribution in [-0.4, -0.2) is 64.2 Å². The molecule has 0 aromatic rings. The quantitative estimate of drug-likeness (QED) is 0.648. The highest BCUT2D eigenvalue weighted by Gasteiger charge is 2.40. The average molecular weight is 272 g/mol. The largest absolute Gasteiger partial charge is 0.383 e. The van der Waals surface area contributed by atoms with Crippen LogP contribution < -0.4 is 10.6 Å². The maximum atomic E-state index is 11.6. The monoisotopic (exact) mass is 272 g/mol. The number of carbonyl (C=O) groups is 1. The van der Waals surface area contributed by atoms with E-state index in [4.69, 9.17) is 14.2 Å². The third-order valence-corrected chi connectivity index (χ3v) is 3.74. The molecule has 2 aliphatic heterocycles. The lowest BCUT2D eigenvalue weighted by Crippen LogP contribution is -2.49. The Morgan fingerprint density at radius 3 is 3.11 bits per heavy atom. The van der Waals surface area contributed by atoms with Gasteiger partial charge in [0.2, 0.25) is 5.91 Å². The molecule has 2 unspecified atom stereocenters. The molecule has 0 radical (unpaired) electrons. The van der Waals surface area contributed by atoms with Crippen molar-refractivity contribution in [2.45, 2.75) is 30.9 Å². The molecule has 2 N–H and O–H groups in total. The van der Waals surface area contributed by atoms with E-state index in [1.54, 1.807) is 7.11 Å². The lowest BCUT2D eigenvalue weighted by molar-refractivity contribution is -0.121. The van der Waals surface area contributed by atoms with Crippen molar-refractivity contribution < 1.29 is 19.0 Å². The summed E-state index contributed by atoms with van der Waals surface area (Å²) in [6, 6.07) is 0.337. The molecule has 2 saturated heterocycles. The van der Waals surface area contributed by atoms with Gasteiger partial charge in [0.15, 0.2) is 0 Å². The normalized spacial score (nSPS) is 30.7. The van der Waals surface area contributed by atoms with Gasteiger partial charge in [0, 0.05) is 39.3 Å². The Morgan fingerprint density at radius 2 is 2.37 bits per heavy atom. The number of rotatable bonds is 6. The van der Waals surface area contributed by atoms with Gasteiger partial charge < -0.3 is 24.8 Å². The van der Waals surface area contributed by atoms with Crippen LogP contribution >= 0.6 is 0 Å². The molecule has 0 saturated carbocycles. The predicted octanol–water partition coefficient (Wildman–Crippen LogP) is -0.323. The summed E-state index contributed by atoms with van der Waals surface area (Å²) in [5.74, 6) is 0.0141. The first-order valence-corrected chi connectivity index (χ1v) is 6.95. The van der Waals surface area contributed by atoms with Crippen molar-refractivity contribution >= 4 is 5.91 Å². The van der Waals surface area contributed by atoms with Crippen LogP contribution in [0.5, 0.6) is 0 Å². The third kappa shape index (κ3) is 4.42. The van der Waals surface area contributed by atoms with Gasteiger partial charge in [-0.2, -0.15) is 0 Å². The molecule has 0 aliphatic carbocycles. The third-order valence-electron chi connectivity index (χ3n) is 3.74. The van der Waals surface area contributed by atoms with Crippen LogP contribution in [0.4, 0.5) is 0 Å². The number of ether oxygens (including phenoxy) is 3. The molecule has 0 aromatic carbocycles. The molecule has 2 aliphatic rings. The van der Waals surface area contributed by atoms with Crippen molar-refractivity contribution in [1.82, 2.24) is 10.6 Å². The van der Waals surface area contributed by atoms with Gasteiger partial charge in [0.05, 0.1) is 25.4 Å². The Kier molecular flexibility index (Phi) is 5.57. The summed E-state index contributed by atoms with van der Waals surface area (Å²) in [7, 11) is 1.62. The highest BCUT2D eigenvalue weighted by atomic mass is 16.6. The van der Waals surface area contributed by atoms with Crippen LogP contribution in [0.3, 0.4) is 0 Å². The summed E-state index contributed by atoms with van der Waals surface area (Å²) in [5.41, 5.74) is -0.109. The fraction of sp³-hybridized carbons (Fsp3) is 0.923. The molecule has 2 heterocycles. The minimum atomic E-state index is -0.109. The van der Waals surface area contributed by atoms with Gasteiger partial charge in [-0.05, 0) is 12.8 Å². The second-order valence-corrected chi connectivity index (χ2v) is 5.25. The Morgan fingerprint density at radius 1 is 1.47 bits per heavy atom. The van der Waals surface area contributed by atoms with Crippen LogP contribution in [0.1, 0.15) is 19.3 Å². The summed E-state index contributed by atoms with van der Waals surface area (Å²) in [5, 5.41) is 6.11. The van der Waals surface area contributed by atoms with E-state index in [0.717, 1.165) is 32.5 Å². The first-order chi connectivity index (χ1) is 9.24. The molecule has 0 aromatic heterocycles. The molecular weight excluding hydrogens is 248 g/mol. The number of hydrogen-bond donors (Lipinski definition) is 2. The minimum Gasteiger partial charge on any atom is -0.383 e. The highest BCUT2D eigenvalue weighted by Crippen LogP contribution is 2.32. The zero-order valence-corrected chi connectivity index (χ0v) is 11.6. The summed E-state index contributed by atoms with van der Waals surface area (Å²) < 4.78 is 16.2. The first kappa shape index (κ1) is 14.7. The van der Waals surface area contributed by atoms with Gasteiger partial charge in [-0.15, -0.1) is 0 Å². The van der Waals surface area contributed by atoms with Crippen LogP contribution in [0.2, 0.25) is 0 Å². The second kappa shape index (κ2) is 7.19. The number of methoxy groups -OCH3 is 1. The van der Waals surface area contributed by atoms with E-state index >= 15 is 0 Å². The van der Waals surface area contributed by atoms with Gasteiger partial charge >= 0.3 is 0 Å². The average Bonchev–Trinajstić information content (AvgIpc) is 2.85. The fourth-order valence-corrected chi connectivity index (χ4v) is 2.66. The van der Waals surface area contributed by atoms with E-state index in [2.05, 4.69) is 10.6 Å². The summed E-state index contributed by atoms with van der Waals surface area (Å²) in [4.78, 5) is 11.6. The predicted molar refractivity (Wildman–Crippen MR) is 70.0 cm³/mol. The molecule has 1 amide bonds. The molecule has 110 valence electrons. The molecule has 6 nitrogen and oxygen atoms in total. The molecule has 2 atom stereocenters. The van der Waals surface area contributed by atoms with Gasteiger partial charge in [-0.3, -0.25) is 4.79 Å². The minimum absolute atomic E-state index is 0.0141. The van der Waals surface area contributed by atoms with E-state index in [-0.39, 0.29) is 11.5 Å². The van der Waals surface area contributed by atoms with Crippen molar-refractivity contribution in [1.29, 1.82) is 0 Å². The molecular formula is C13H24N2O4. The second-order valence-electron chi connectivity index (χ2n) is 5.25. The van der Waals surface area contributed by atoms with Gasteiger partial charge in [0.1, 0.15) is 0 Å². The van der Waals surface area contributed by atoms with Gasteiger partial charge in [-0.1, -0.05) is 0 Å². The summed E-state index contributed by atoms with van der Waals surface area (Å²) in [6.07, 6.45) is 2.84. The van der Waals surface area contributed by atoms with E-state index in [1.165, 1.54) is 0 Å². The Hall–Kier alpha value is -0.690. The molecule has 2 rings (SSSR count). The van der Waals surface area contributed by atoms with Crippen molar-refractivity contribution in [3.05, 3.63) is 0 Å². The molecule has 6 heteroatoms. The van der Waals surface area contributed by atoms with E-state index < -0.39 is 0 Å².